The number of hydrogen-bond acceptors (Lipinski definition) is 4. The number of Topliss-reactive ketones (excluding diaryl/α,β-unsaturated/α-hetero) is 1. The van der Waals surface area contributed by atoms with Gasteiger partial charge in [0, 0.05) is 17.7 Å². The monoisotopic (exact) mass is 526 g/mol. The Balaban J connectivity index is 1.79. The Morgan fingerprint density at radius 1 is 0.971 bits per heavy atom. The summed E-state index contributed by atoms with van der Waals surface area (Å²) in [7, 11) is -0.518. The predicted molar refractivity (Wildman–Crippen MR) is 146 cm³/mol. The number of carbonyl (C=O) groups excluding carboxylic acids is 2. The van der Waals surface area contributed by atoms with E-state index in [9.17, 15) is 9.59 Å². The maximum atomic E-state index is 13.9. The van der Waals surface area contributed by atoms with Crippen LogP contribution in [0.1, 0.15) is 100 Å². The van der Waals surface area contributed by atoms with Crippen LogP contribution in [0.2, 0.25) is 16.6 Å². The fraction of sp³-hybridized carbons (Fsp3) is 0.931. The van der Waals surface area contributed by atoms with Crippen LogP contribution in [0.4, 0.5) is 0 Å². The molecule has 3 rings (SSSR count). The number of halogens is 1. The van der Waals surface area contributed by atoms with Crippen molar-refractivity contribution in [3.05, 3.63) is 0 Å². The number of esters is 1. The molecule has 0 heterocycles. The summed E-state index contributed by atoms with van der Waals surface area (Å²) >= 11 is 6.67. The van der Waals surface area contributed by atoms with E-state index < -0.39 is 8.32 Å². The first-order chi connectivity index (χ1) is 16.3. The van der Waals surface area contributed by atoms with Crippen LogP contribution >= 0.6 is 11.6 Å². The quantitative estimate of drug-likeness (QED) is 0.184. The molecule has 0 amide bonds. The molecule has 3 saturated carbocycles. The van der Waals surface area contributed by atoms with Gasteiger partial charge in [-0.2, -0.15) is 0 Å². The van der Waals surface area contributed by atoms with Crippen molar-refractivity contribution in [2.24, 2.45) is 34.5 Å². The second-order valence-corrected chi connectivity index (χ2v) is 19.1. The number of hydrogen-bond donors (Lipinski definition) is 0. The van der Waals surface area contributed by atoms with Crippen LogP contribution in [0.5, 0.6) is 0 Å². The van der Waals surface area contributed by atoms with Crippen LogP contribution < -0.4 is 0 Å². The fourth-order valence-electron chi connectivity index (χ4n) is 9.16. The number of alkyl halides is 1. The van der Waals surface area contributed by atoms with Crippen LogP contribution in [0.15, 0.2) is 0 Å². The van der Waals surface area contributed by atoms with E-state index in [4.69, 9.17) is 20.8 Å². The summed E-state index contributed by atoms with van der Waals surface area (Å²) < 4.78 is 12.2. The normalized spacial score (nSPS) is 38.3. The molecule has 0 aromatic rings. The van der Waals surface area contributed by atoms with Crippen molar-refractivity contribution < 1.29 is 18.8 Å². The zero-order valence-corrected chi connectivity index (χ0v) is 25.5. The van der Waals surface area contributed by atoms with E-state index in [0.29, 0.717) is 40.6 Å². The molecule has 202 valence electrons. The van der Waals surface area contributed by atoms with E-state index in [1.54, 1.807) is 0 Å². The standard InChI is InChI=1S/C29H51ClO4Si/c1-18(2)35(19(3)4,20(5)6)34-21-12-14-29(8,26(31)16-21)24-13-15-28(7)23(22(24)17-30)10-11-25(28)27(32)33-9/h18-25H,10-17H2,1-9H3/t21-,22-,23-,24-,25+,28-,29+/m0/s1. The topological polar surface area (TPSA) is 52.6 Å². The van der Waals surface area contributed by atoms with Gasteiger partial charge >= 0.3 is 5.97 Å². The van der Waals surface area contributed by atoms with Crippen LogP contribution in [-0.4, -0.2) is 39.2 Å². The molecule has 3 aliphatic carbocycles. The molecular formula is C29H51ClO4Si. The third-order valence-corrected chi connectivity index (χ3v) is 17.5. The van der Waals surface area contributed by atoms with Gasteiger partial charge in [-0.25, -0.2) is 0 Å². The van der Waals surface area contributed by atoms with E-state index in [1.165, 1.54) is 7.11 Å². The molecule has 0 radical (unpaired) electrons. The van der Waals surface area contributed by atoms with Gasteiger partial charge in [0.25, 0.3) is 0 Å². The molecule has 0 bridgehead atoms. The summed E-state index contributed by atoms with van der Waals surface area (Å²) in [5.74, 6) is 1.75. The van der Waals surface area contributed by atoms with Crippen molar-refractivity contribution in [3.8, 4) is 0 Å². The van der Waals surface area contributed by atoms with Crippen LogP contribution in [-0.2, 0) is 18.8 Å². The summed E-state index contributed by atoms with van der Waals surface area (Å²) in [5.41, 5.74) is 1.15. The highest BCUT2D eigenvalue weighted by Gasteiger charge is 2.60. The molecule has 4 nitrogen and oxygen atoms in total. The minimum atomic E-state index is -2.02. The zero-order valence-electron chi connectivity index (χ0n) is 23.8. The average molecular weight is 527 g/mol. The smallest absolute Gasteiger partial charge is 0.309 e. The van der Waals surface area contributed by atoms with Crippen LogP contribution in [0.25, 0.3) is 0 Å². The van der Waals surface area contributed by atoms with Gasteiger partial charge in [0.05, 0.1) is 19.1 Å². The third-order valence-electron chi connectivity index (χ3n) is 11.0. The van der Waals surface area contributed by atoms with E-state index >= 15 is 0 Å². The van der Waals surface area contributed by atoms with Gasteiger partial charge in [-0.3, -0.25) is 9.59 Å². The molecule has 0 saturated heterocycles. The molecule has 0 spiro atoms. The first-order valence-electron chi connectivity index (χ1n) is 14.1. The summed E-state index contributed by atoms with van der Waals surface area (Å²) in [6.45, 7) is 18.4. The van der Waals surface area contributed by atoms with Crippen LogP contribution in [0.3, 0.4) is 0 Å². The van der Waals surface area contributed by atoms with Gasteiger partial charge in [-0.1, -0.05) is 55.4 Å². The summed E-state index contributed by atoms with van der Waals surface area (Å²) in [6.07, 6.45) is 6.25. The molecule has 3 aliphatic rings. The van der Waals surface area contributed by atoms with Crippen molar-refractivity contribution in [1.29, 1.82) is 0 Å². The van der Waals surface area contributed by atoms with Crippen LogP contribution in [0, 0.1) is 34.5 Å². The van der Waals surface area contributed by atoms with Gasteiger partial charge in [0.15, 0.2) is 0 Å². The Labute approximate surface area is 220 Å². The SMILES string of the molecule is COC(=O)[C@H]1CC[C@H]2[C@H](CCl)[C@@H]([C@@]3(C)CC[C@H](O[Si](C(C)C)(C(C)C)C(C)C)CC3=O)CC[C@]12C. The van der Waals surface area contributed by atoms with E-state index in [2.05, 4.69) is 55.4 Å². The predicted octanol–water partition coefficient (Wildman–Crippen LogP) is 7.78. The number of ketones is 1. The Hall–Kier alpha value is -0.393. The molecular weight excluding hydrogens is 476 g/mol. The summed E-state index contributed by atoms with van der Waals surface area (Å²) in [6, 6.07) is 0. The minimum Gasteiger partial charge on any atom is -0.469 e. The van der Waals surface area contributed by atoms with E-state index in [0.717, 1.165) is 38.5 Å². The van der Waals surface area contributed by atoms with Gasteiger partial charge in [-0.15, -0.1) is 11.6 Å². The van der Waals surface area contributed by atoms with Crippen molar-refractivity contribution >= 4 is 31.7 Å². The molecule has 0 aromatic heterocycles. The first kappa shape index (κ1) is 29.2. The van der Waals surface area contributed by atoms with Crippen molar-refractivity contribution in [1.82, 2.24) is 0 Å². The zero-order chi connectivity index (χ0) is 26.3. The highest BCUT2D eigenvalue weighted by Crippen LogP contribution is 2.63. The number of rotatable bonds is 8. The summed E-state index contributed by atoms with van der Waals surface area (Å²) in [5, 5.41) is 0. The molecule has 3 fully saturated rings. The average Bonchev–Trinajstić information content (AvgIpc) is 3.14. The van der Waals surface area contributed by atoms with Crippen molar-refractivity contribution in [3.63, 3.8) is 0 Å². The lowest BCUT2D eigenvalue weighted by atomic mass is 9.51. The number of carbonyl (C=O) groups is 2. The molecule has 6 heteroatoms. The maximum absolute atomic E-state index is 13.9. The first-order valence-corrected chi connectivity index (χ1v) is 16.8. The number of ether oxygens (including phenoxy) is 1. The minimum absolute atomic E-state index is 0.0435. The largest absolute Gasteiger partial charge is 0.469 e. The van der Waals surface area contributed by atoms with E-state index in [1.807, 2.05) is 0 Å². The van der Waals surface area contributed by atoms with Gasteiger partial charge < -0.3 is 9.16 Å². The Kier molecular flexibility index (Phi) is 8.97. The molecule has 0 aliphatic heterocycles. The second-order valence-electron chi connectivity index (χ2n) is 13.4. The van der Waals surface area contributed by atoms with E-state index in [-0.39, 0.29) is 40.7 Å². The Morgan fingerprint density at radius 3 is 2.06 bits per heavy atom. The lowest BCUT2D eigenvalue weighted by molar-refractivity contribution is -0.155. The van der Waals surface area contributed by atoms with Gasteiger partial charge in [0.1, 0.15) is 5.78 Å². The molecule has 35 heavy (non-hydrogen) atoms. The van der Waals surface area contributed by atoms with Crippen molar-refractivity contribution in [2.45, 2.75) is 123 Å². The number of fused-ring (bicyclic) bond motifs is 1. The summed E-state index contributed by atoms with van der Waals surface area (Å²) in [4.78, 5) is 26.4. The number of methoxy groups -OCH3 is 1. The fourth-order valence-corrected chi connectivity index (χ4v) is 15.2. The van der Waals surface area contributed by atoms with Crippen molar-refractivity contribution in [2.75, 3.05) is 13.0 Å². The molecule has 7 atom stereocenters. The Bertz CT molecular complexity index is 761. The highest BCUT2D eigenvalue weighted by atomic mass is 35.5. The second kappa shape index (κ2) is 10.8. The molecule has 0 aromatic carbocycles. The molecule has 0 N–H and O–H groups in total. The lowest BCUT2D eigenvalue weighted by Crippen LogP contribution is -2.55. The maximum Gasteiger partial charge on any atom is 0.309 e. The highest BCUT2D eigenvalue weighted by molar-refractivity contribution is 6.77. The third kappa shape index (κ3) is 4.80. The Morgan fingerprint density at radius 2 is 1.57 bits per heavy atom. The van der Waals surface area contributed by atoms with Gasteiger partial charge in [-0.05, 0) is 78.3 Å². The van der Waals surface area contributed by atoms with Gasteiger partial charge in [0.2, 0.25) is 8.32 Å². The lowest BCUT2D eigenvalue weighted by Gasteiger charge is -2.54. The molecule has 0 unspecified atom stereocenters.